The van der Waals surface area contributed by atoms with Crippen molar-refractivity contribution in [2.45, 2.75) is 5.92 Å². The molecule has 0 saturated carbocycles. The molecule has 0 aliphatic heterocycles. The van der Waals surface area contributed by atoms with E-state index >= 15 is 0 Å². The van der Waals surface area contributed by atoms with Gasteiger partial charge in [-0.2, -0.15) is 9.78 Å². The monoisotopic (exact) mass is 595 g/mol. The SMILES string of the molecule is Cl.O.O=c1cnn(-c2cc(Cl)c(C(c3ccc(Cl)cc3)c3csc(-c4ccncc4)n3)c(Cl)c2)c(=O)[nH]1. The molecule has 3 N–H and O–H groups in total. The molecule has 5 aromatic rings. The Bertz CT molecular complexity index is 1620. The van der Waals surface area contributed by atoms with Gasteiger partial charge in [0.05, 0.1) is 17.3 Å². The second-order valence-corrected chi connectivity index (χ2v) is 9.58. The number of pyridine rings is 1. The van der Waals surface area contributed by atoms with Gasteiger partial charge >= 0.3 is 5.69 Å². The van der Waals surface area contributed by atoms with Crippen molar-refractivity contribution >= 4 is 58.5 Å². The van der Waals surface area contributed by atoms with Gasteiger partial charge in [-0.25, -0.2) is 9.78 Å². The summed E-state index contributed by atoms with van der Waals surface area (Å²) in [5.41, 5.74) is 2.21. The molecule has 1 atom stereocenters. The standard InChI is InChI=1S/C24H14Cl3N5O2S.ClH.H2O/c25-15-3-1-13(2-4-15)21(19-12-35-23(30-19)14-5-7-28-8-6-14)22-17(26)9-16(10-18(22)27)32-24(34)31-20(33)11-29-32;;/h1-12,21H,(H,31,33,34);1H;1H2. The van der Waals surface area contributed by atoms with Crippen molar-refractivity contribution in [1.29, 1.82) is 0 Å². The van der Waals surface area contributed by atoms with E-state index in [0.717, 1.165) is 32.7 Å². The zero-order valence-corrected chi connectivity index (χ0v) is 22.5. The highest BCUT2D eigenvalue weighted by molar-refractivity contribution is 7.13. The van der Waals surface area contributed by atoms with Crippen LogP contribution in [-0.2, 0) is 0 Å². The van der Waals surface area contributed by atoms with Crippen LogP contribution in [0.2, 0.25) is 15.1 Å². The van der Waals surface area contributed by atoms with Crippen LogP contribution in [0.1, 0.15) is 22.7 Å². The Morgan fingerprint density at radius 3 is 2.22 bits per heavy atom. The number of aromatic amines is 1. The molecule has 5 rings (SSSR count). The second-order valence-electron chi connectivity index (χ2n) is 7.47. The first-order chi connectivity index (χ1) is 16.9. The molecular formula is C24H17Cl4N5O3S. The van der Waals surface area contributed by atoms with Crippen LogP contribution in [-0.4, -0.2) is 30.2 Å². The molecule has 0 fully saturated rings. The van der Waals surface area contributed by atoms with Gasteiger partial charge in [0.1, 0.15) is 11.2 Å². The van der Waals surface area contributed by atoms with E-state index in [1.807, 2.05) is 29.6 Å². The van der Waals surface area contributed by atoms with Crippen LogP contribution in [0.4, 0.5) is 0 Å². The van der Waals surface area contributed by atoms with Crippen LogP contribution in [0.5, 0.6) is 0 Å². The number of H-pyrrole nitrogens is 1. The van der Waals surface area contributed by atoms with Gasteiger partial charge in [-0.05, 0) is 42.0 Å². The van der Waals surface area contributed by atoms with Crippen LogP contribution >= 0.6 is 58.5 Å². The maximum Gasteiger partial charge on any atom is 0.349 e. The highest BCUT2D eigenvalue weighted by Crippen LogP contribution is 2.42. The molecule has 8 nitrogen and oxygen atoms in total. The van der Waals surface area contributed by atoms with Crippen molar-refractivity contribution < 1.29 is 5.48 Å². The van der Waals surface area contributed by atoms with Gasteiger partial charge in [-0.3, -0.25) is 14.8 Å². The highest BCUT2D eigenvalue weighted by Gasteiger charge is 2.26. The van der Waals surface area contributed by atoms with Gasteiger partial charge in [0.25, 0.3) is 5.56 Å². The van der Waals surface area contributed by atoms with E-state index in [9.17, 15) is 9.59 Å². The van der Waals surface area contributed by atoms with E-state index in [0.29, 0.717) is 26.3 Å². The Labute approximate surface area is 235 Å². The summed E-state index contributed by atoms with van der Waals surface area (Å²) in [6, 6.07) is 14.3. The summed E-state index contributed by atoms with van der Waals surface area (Å²) in [4.78, 5) is 34.7. The lowest BCUT2D eigenvalue weighted by Crippen LogP contribution is -2.30. The Morgan fingerprint density at radius 1 is 0.946 bits per heavy atom. The molecule has 1 unspecified atom stereocenters. The Hall–Kier alpha value is -3.05. The topological polar surface area (TPSA) is 125 Å². The number of benzene rings is 2. The molecule has 190 valence electrons. The minimum Gasteiger partial charge on any atom is -0.412 e. The van der Waals surface area contributed by atoms with Gasteiger partial charge < -0.3 is 5.48 Å². The smallest absolute Gasteiger partial charge is 0.349 e. The van der Waals surface area contributed by atoms with Gasteiger partial charge in [-0.15, -0.1) is 23.7 Å². The van der Waals surface area contributed by atoms with E-state index < -0.39 is 17.2 Å². The number of aromatic nitrogens is 5. The summed E-state index contributed by atoms with van der Waals surface area (Å²) in [5.74, 6) is -0.409. The van der Waals surface area contributed by atoms with Gasteiger partial charge in [0.15, 0.2) is 0 Å². The predicted octanol–water partition coefficient (Wildman–Crippen LogP) is 5.18. The summed E-state index contributed by atoms with van der Waals surface area (Å²) < 4.78 is 1.02. The first-order valence-corrected chi connectivity index (χ1v) is 12.2. The minimum atomic E-state index is -0.701. The molecule has 13 heteroatoms. The molecule has 0 amide bonds. The summed E-state index contributed by atoms with van der Waals surface area (Å²) >= 11 is 21.2. The van der Waals surface area contributed by atoms with Crippen molar-refractivity contribution in [3.05, 3.63) is 125 Å². The van der Waals surface area contributed by atoms with Crippen molar-refractivity contribution in [1.82, 2.24) is 24.7 Å². The predicted molar refractivity (Wildman–Crippen MR) is 149 cm³/mol. The summed E-state index contributed by atoms with van der Waals surface area (Å²) in [5, 5.41) is 7.89. The molecule has 2 aromatic carbocycles. The molecule has 0 bridgehead atoms. The third-order valence-corrected chi connectivity index (χ3v) is 7.05. The molecule has 0 aliphatic rings. The van der Waals surface area contributed by atoms with E-state index in [4.69, 9.17) is 39.8 Å². The number of hydrogen-bond acceptors (Lipinski definition) is 6. The Balaban J connectivity index is 0.00000190. The number of halogens is 4. The fraction of sp³-hybridized carbons (Fsp3) is 0.0417. The van der Waals surface area contributed by atoms with E-state index in [-0.39, 0.29) is 17.9 Å². The normalized spacial score (nSPS) is 11.3. The van der Waals surface area contributed by atoms with Crippen LogP contribution in [0.15, 0.2) is 82.1 Å². The lowest BCUT2D eigenvalue weighted by molar-refractivity contribution is 0.749. The Morgan fingerprint density at radius 2 is 1.59 bits per heavy atom. The van der Waals surface area contributed by atoms with Crippen molar-refractivity contribution in [3.63, 3.8) is 0 Å². The third kappa shape index (κ3) is 5.93. The zero-order valence-electron chi connectivity index (χ0n) is 18.6. The molecule has 3 heterocycles. The number of nitrogens with one attached hydrogen (secondary N) is 1. The number of hydrogen-bond donors (Lipinski definition) is 1. The lowest BCUT2D eigenvalue weighted by Gasteiger charge is -2.20. The summed E-state index contributed by atoms with van der Waals surface area (Å²) in [6.45, 7) is 0. The first-order valence-electron chi connectivity index (χ1n) is 10.2. The second kappa shape index (κ2) is 12.0. The number of rotatable bonds is 5. The van der Waals surface area contributed by atoms with Crippen LogP contribution in [0, 0.1) is 0 Å². The van der Waals surface area contributed by atoms with Crippen molar-refractivity contribution in [2.24, 2.45) is 0 Å². The van der Waals surface area contributed by atoms with E-state index in [1.165, 1.54) is 11.3 Å². The first kappa shape index (κ1) is 28.5. The minimum absolute atomic E-state index is 0. The lowest BCUT2D eigenvalue weighted by atomic mass is 9.88. The number of thiazole rings is 1. The zero-order chi connectivity index (χ0) is 24.5. The largest absolute Gasteiger partial charge is 0.412 e. The van der Waals surface area contributed by atoms with Crippen LogP contribution in [0.3, 0.4) is 0 Å². The average Bonchev–Trinajstić information content (AvgIpc) is 3.32. The summed E-state index contributed by atoms with van der Waals surface area (Å²) in [6.07, 6.45) is 4.43. The van der Waals surface area contributed by atoms with Gasteiger partial charge in [0.2, 0.25) is 0 Å². The molecular weight excluding hydrogens is 580 g/mol. The van der Waals surface area contributed by atoms with Crippen LogP contribution < -0.4 is 11.2 Å². The molecule has 3 aromatic heterocycles. The fourth-order valence-corrected chi connectivity index (χ4v) is 5.36. The van der Waals surface area contributed by atoms with Crippen LogP contribution in [0.25, 0.3) is 16.3 Å². The maximum atomic E-state index is 12.2. The van der Waals surface area contributed by atoms with E-state index in [1.54, 1.807) is 36.7 Å². The molecule has 0 radical (unpaired) electrons. The average molecular weight is 597 g/mol. The number of nitrogens with zero attached hydrogens (tertiary/aromatic N) is 4. The quantitative estimate of drug-likeness (QED) is 0.299. The Kier molecular flexibility index (Phi) is 9.25. The van der Waals surface area contributed by atoms with Crippen molar-refractivity contribution in [2.75, 3.05) is 0 Å². The van der Waals surface area contributed by atoms with Gasteiger partial charge in [0, 0.05) is 44.0 Å². The van der Waals surface area contributed by atoms with Gasteiger partial charge in [-0.1, -0.05) is 46.9 Å². The van der Waals surface area contributed by atoms with E-state index in [2.05, 4.69) is 15.1 Å². The van der Waals surface area contributed by atoms with Crippen molar-refractivity contribution in [3.8, 4) is 16.3 Å². The molecule has 37 heavy (non-hydrogen) atoms. The molecule has 0 spiro atoms. The maximum absolute atomic E-state index is 12.2. The highest BCUT2D eigenvalue weighted by atomic mass is 35.5. The fourth-order valence-electron chi connectivity index (χ4n) is 3.69. The molecule has 0 aliphatic carbocycles. The third-order valence-electron chi connectivity index (χ3n) is 5.26. The summed E-state index contributed by atoms with van der Waals surface area (Å²) in [7, 11) is 0. The molecule has 0 saturated heterocycles.